The predicted octanol–water partition coefficient (Wildman–Crippen LogP) is 2.34. The fraction of sp³-hybridized carbons (Fsp3) is 0.190. The molecule has 2 heterocycles. The first-order valence-electron chi connectivity index (χ1n) is 9.31. The number of H-pyrrole nitrogens is 1. The number of nitrogens with zero attached hydrogens (tertiary/aromatic N) is 2. The van der Waals surface area contributed by atoms with Gasteiger partial charge in [0.15, 0.2) is 0 Å². The van der Waals surface area contributed by atoms with E-state index < -0.39 is 17.1 Å². The molecular formula is C21H19ClN4O5. The Morgan fingerprint density at radius 3 is 2.55 bits per heavy atom. The van der Waals surface area contributed by atoms with Gasteiger partial charge in [0.05, 0.1) is 31.7 Å². The van der Waals surface area contributed by atoms with Crippen LogP contribution >= 0.6 is 11.6 Å². The predicted molar refractivity (Wildman–Crippen MR) is 116 cm³/mol. The van der Waals surface area contributed by atoms with Crippen LogP contribution < -0.4 is 26.1 Å². The Hall–Kier alpha value is -3.72. The summed E-state index contributed by atoms with van der Waals surface area (Å²) in [6.07, 6.45) is 0.290. The molecule has 0 spiro atoms. The maximum atomic E-state index is 12.5. The minimum Gasteiger partial charge on any atom is -0.497 e. The van der Waals surface area contributed by atoms with Crippen molar-refractivity contribution in [1.82, 2.24) is 15.0 Å². The van der Waals surface area contributed by atoms with Crippen LogP contribution in [-0.2, 0) is 0 Å². The molecule has 160 valence electrons. The first-order valence-corrected chi connectivity index (χ1v) is 9.69. The number of hydrogen-bond acceptors (Lipinski definition) is 7. The Morgan fingerprint density at radius 1 is 1.13 bits per heavy atom. The molecule has 4 rings (SSSR count). The fourth-order valence-electron chi connectivity index (χ4n) is 3.50. The van der Waals surface area contributed by atoms with Gasteiger partial charge < -0.3 is 20.0 Å². The lowest BCUT2D eigenvalue weighted by Gasteiger charge is -2.16. The van der Waals surface area contributed by atoms with Crippen LogP contribution in [0.2, 0.25) is 5.02 Å². The Bertz CT molecular complexity index is 1280. The van der Waals surface area contributed by atoms with E-state index in [4.69, 9.17) is 21.1 Å². The molecule has 1 aliphatic heterocycles. The summed E-state index contributed by atoms with van der Waals surface area (Å²) < 4.78 is 11.7. The number of nitrogens with one attached hydrogen (secondary N) is 2. The maximum Gasteiger partial charge on any atom is 0.335 e. The molecule has 1 atom stereocenters. The third-order valence-electron chi connectivity index (χ3n) is 5.03. The number of aromatic nitrogens is 2. The summed E-state index contributed by atoms with van der Waals surface area (Å²) in [5.41, 5.74) is 2.86. The van der Waals surface area contributed by atoms with Gasteiger partial charge in [-0.05, 0) is 36.4 Å². The maximum absolute atomic E-state index is 12.5. The van der Waals surface area contributed by atoms with Gasteiger partial charge in [-0.2, -0.15) is 5.10 Å². The first kappa shape index (κ1) is 20.5. The van der Waals surface area contributed by atoms with Crippen LogP contribution in [0, 0.1) is 0 Å². The van der Waals surface area contributed by atoms with Gasteiger partial charge in [-0.15, -0.1) is 0 Å². The van der Waals surface area contributed by atoms with E-state index in [0.29, 0.717) is 27.9 Å². The van der Waals surface area contributed by atoms with Crippen LogP contribution in [0.3, 0.4) is 0 Å². The van der Waals surface area contributed by atoms with E-state index >= 15 is 0 Å². The number of aromatic hydroxyl groups is 1. The second-order valence-electron chi connectivity index (χ2n) is 6.82. The molecule has 0 fully saturated rings. The van der Waals surface area contributed by atoms with Crippen molar-refractivity contribution in [3.05, 3.63) is 79.5 Å². The smallest absolute Gasteiger partial charge is 0.335 e. The van der Waals surface area contributed by atoms with Gasteiger partial charge in [0.25, 0.3) is 5.56 Å². The molecule has 2 aromatic carbocycles. The van der Waals surface area contributed by atoms with Crippen LogP contribution in [0.25, 0.3) is 5.69 Å². The highest BCUT2D eigenvalue weighted by molar-refractivity contribution is 6.30. The van der Waals surface area contributed by atoms with E-state index in [-0.39, 0.29) is 18.0 Å². The number of ether oxygens (including phenoxy) is 2. The molecule has 31 heavy (non-hydrogen) atoms. The number of rotatable bonds is 5. The van der Waals surface area contributed by atoms with Crippen molar-refractivity contribution in [2.45, 2.75) is 12.5 Å². The zero-order chi connectivity index (χ0) is 22.1. The van der Waals surface area contributed by atoms with Crippen molar-refractivity contribution in [1.29, 1.82) is 0 Å². The molecular weight excluding hydrogens is 424 g/mol. The molecule has 0 unspecified atom stereocenters. The third kappa shape index (κ3) is 3.75. The van der Waals surface area contributed by atoms with Gasteiger partial charge in [-0.3, -0.25) is 9.78 Å². The summed E-state index contributed by atoms with van der Waals surface area (Å²) in [7, 11) is 3.11. The van der Waals surface area contributed by atoms with Crippen LogP contribution in [0.5, 0.6) is 17.4 Å². The number of hydrazone groups is 1. The van der Waals surface area contributed by atoms with E-state index in [1.807, 2.05) is 6.07 Å². The molecule has 0 saturated carbocycles. The van der Waals surface area contributed by atoms with Crippen LogP contribution in [0.1, 0.15) is 23.6 Å². The minimum atomic E-state index is -0.770. The summed E-state index contributed by atoms with van der Waals surface area (Å²) >= 11 is 5.90. The second-order valence-corrected chi connectivity index (χ2v) is 7.26. The summed E-state index contributed by atoms with van der Waals surface area (Å²) in [6, 6.07) is 11.4. The standard InChI is InChI=1S/C21H19ClN4O5/c1-30-13-7-8-14(17(9-13)31-2)15-10-16(25-24-15)18-19(27)23-21(29)26(20(18)28)12-5-3-11(22)4-6-12/h3-9,15,24,28H,10H2,1-2H3,(H,23,27,29)/t15-/m0/s1. The molecule has 0 saturated heterocycles. The molecule has 1 aromatic heterocycles. The van der Waals surface area contributed by atoms with Crippen molar-refractivity contribution in [3.8, 4) is 23.1 Å². The van der Waals surface area contributed by atoms with Gasteiger partial charge >= 0.3 is 5.69 Å². The van der Waals surface area contributed by atoms with Crippen LogP contribution in [0.4, 0.5) is 0 Å². The summed E-state index contributed by atoms with van der Waals surface area (Å²) in [4.78, 5) is 27.1. The first-order chi connectivity index (χ1) is 14.9. The average molecular weight is 443 g/mol. The fourth-order valence-corrected chi connectivity index (χ4v) is 3.63. The molecule has 0 radical (unpaired) electrons. The lowest BCUT2D eigenvalue weighted by molar-refractivity contribution is 0.386. The summed E-state index contributed by atoms with van der Waals surface area (Å²) in [6.45, 7) is 0. The van der Waals surface area contributed by atoms with Crippen LogP contribution in [0.15, 0.2) is 57.2 Å². The number of hydrogen-bond donors (Lipinski definition) is 3. The molecule has 0 aliphatic carbocycles. The van der Waals surface area contributed by atoms with E-state index in [0.717, 1.165) is 10.1 Å². The Morgan fingerprint density at radius 2 is 1.87 bits per heavy atom. The van der Waals surface area contributed by atoms with Gasteiger partial charge in [-0.25, -0.2) is 9.36 Å². The highest BCUT2D eigenvalue weighted by Crippen LogP contribution is 2.34. The van der Waals surface area contributed by atoms with Gasteiger partial charge in [-0.1, -0.05) is 11.6 Å². The zero-order valence-electron chi connectivity index (χ0n) is 16.7. The molecule has 0 amide bonds. The normalized spacial score (nSPS) is 15.3. The summed E-state index contributed by atoms with van der Waals surface area (Å²) in [5, 5.41) is 15.5. The minimum absolute atomic E-state index is 0.0861. The monoisotopic (exact) mass is 442 g/mol. The van der Waals surface area contributed by atoms with E-state index in [2.05, 4.69) is 15.5 Å². The number of halogens is 1. The van der Waals surface area contributed by atoms with Crippen LogP contribution in [-0.4, -0.2) is 34.6 Å². The number of benzene rings is 2. The quantitative estimate of drug-likeness (QED) is 0.558. The Labute approximate surface area is 181 Å². The van der Waals surface area contributed by atoms with E-state index in [1.54, 1.807) is 50.6 Å². The highest BCUT2D eigenvalue weighted by atomic mass is 35.5. The molecule has 1 aliphatic rings. The van der Waals surface area contributed by atoms with E-state index in [9.17, 15) is 14.7 Å². The largest absolute Gasteiger partial charge is 0.497 e. The summed E-state index contributed by atoms with van der Waals surface area (Å²) in [5.74, 6) is 0.736. The van der Waals surface area contributed by atoms with Crippen molar-refractivity contribution < 1.29 is 14.6 Å². The van der Waals surface area contributed by atoms with Gasteiger partial charge in [0.2, 0.25) is 5.88 Å². The van der Waals surface area contributed by atoms with Gasteiger partial charge in [0, 0.05) is 23.1 Å². The van der Waals surface area contributed by atoms with Crippen molar-refractivity contribution >= 4 is 17.3 Å². The lowest BCUT2D eigenvalue weighted by Crippen LogP contribution is -2.33. The van der Waals surface area contributed by atoms with Gasteiger partial charge in [0.1, 0.15) is 17.1 Å². The second kappa shape index (κ2) is 8.19. The molecule has 9 nitrogen and oxygen atoms in total. The van der Waals surface area contributed by atoms with E-state index in [1.165, 1.54) is 0 Å². The third-order valence-corrected chi connectivity index (χ3v) is 5.28. The van der Waals surface area contributed by atoms with Crippen molar-refractivity contribution in [2.75, 3.05) is 14.2 Å². The SMILES string of the molecule is COc1ccc([C@@H]2CC(c3c(O)n(-c4ccc(Cl)cc4)c(=O)[nH]c3=O)=NN2)c(OC)c1. The Kier molecular flexibility index (Phi) is 5.43. The lowest BCUT2D eigenvalue weighted by atomic mass is 9.99. The molecule has 3 N–H and O–H groups in total. The zero-order valence-corrected chi connectivity index (χ0v) is 17.4. The Balaban J connectivity index is 1.72. The molecule has 10 heteroatoms. The number of methoxy groups -OCH3 is 2. The van der Waals surface area contributed by atoms with Crippen molar-refractivity contribution in [2.24, 2.45) is 5.10 Å². The topological polar surface area (TPSA) is 118 Å². The average Bonchev–Trinajstić information content (AvgIpc) is 3.23. The molecule has 3 aromatic rings. The highest BCUT2D eigenvalue weighted by Gasteiger charge is 2.29. The van der Waals surface area contributed by atoms with Crippen molar-refractivity contribution in [3.63, 3.8) is 0 Å². The number of aromatic amines is 1. The molecule has 0 bridgehead atoms.